The number of carbonyl (C=O) groups is 1. The molecule has 1 aromatic heterocycles. The molecule has 7 heteroatoms. The van der Waals surface area contributed by atoms with Crippen molar-refractivity contribution in [2.24, 2.45) is 0 Å². The molecule has 2 heterocycles. The van der Waals surface area contributed by atoms with E-state index in [1.807, 2.05) is 36.1 Å². The summed E-state index contributed by atoms with van der Waals surface area (Å²) in [5, 5.41) is 13.1. The van der Waals surface area contributed by atoms with Crippen molar-refractivity contribution in [2.75, 3.05) is 6.54 Å². The average Bonchev–Trinajstić information content (AvgIpc) is 3.09. The topological polar surface area (TPSA) is 79.5 Å². The summed E-state index contributed by atoms with van der Waals surface area (Å²) < 4.78 is 5.30. The van der Waals surface area contributed by atoms with Crippen molar-refractivity contribution in [1.82, 2.24) is 15.0 Å². The van der Waals surface area contributed by atoms with E-state index in [0.717, 1.165) is 24.1 Å². The molecule has 0 saturated carbocycles. The minimum Gasteiger partial charge on any atom is -0.480 e. The molecule has 1 N–H and O–H groups in total. The summed E-state index contributed by atoms with van der Waals surface area (Å²) in [6.07, 6.45) is 1.57. The van der Waals surface area contributed by atoms with Gasteiger partial charge in [0.1, 0.15) is 6.04 Å². The van der Waals surface area contributed by atoms with E-state index in [4.69, 9.17) is 4.52 Å². The van der Waals surface area contributed by atoms with Crippen LogP contribution in [0.2, 0.25) is 0 Å². The summed E-state index contributed by atoms with van der Waals surface area (Å²) in [6, 6.07) is 7.36. The number of aromatic nitrogens is 2. The van der Waals surface area contributed by atoms with Crippen molar-refractivity contribution in [3.63, 3.8) is 0 Å². The predicted octanol–water partition coefficient (Wildman–Crippen LogP) is 2.52. The molecule has 0 unspecified atom stereocenters. The van der Waals surface area contributed by atoms with Crippen LogP contribution in [-0.4, -0.2) is 38.7 Å². The normalized spacial score (nSPS) is 18.1. The van der Waals surface area contributed by atoms with Crippen LogP contribution in [0.5, 0.6) is 0 Å². The largest absolute Gasteiger partial charge is 0.480 e. The van der Waals surface area contributed by atoms with Crippen LogP contribution in [0.25, 0.3) is 11.5 Å². The molecule has 22 heavy (non-hydrogen) atoms. The third kappa shape index (κ3) is 3.28. The molecule has 118 valence electrons. The van der Waals surface area contributed by atoms with E-state index in [-0.39, 0.29) is 12.4 Å². The number of hydrogen-bond acceptors (Lipinski definition) is 5. The van der Waals surface area contributed by atoms with E-state index >= 15 is 0 Å². The van der Waals surface area contributed by atoms with Gasteiger partial charge in [0.15, 0.2) is 5.82 Å². The Kier molecular flexibility index (Phi) is 5.15. The minimum absolute atomic E-state index is 0. The molecule has 1 aromatic carbocycles. The maximum atomic E-state index is 11.2. The second kappa shape index (κ2) is 6.89. The fourth-order valence-electron chi connectivity index (χ4n) is 2.72. The molecule has 0 spiro atoms. The highest BCUT2D eigenvalue weighted by atomic mass is 35.5. The molecule has 0 bridgehead atoms. The maximum absolute atomic E-state index is 11.2. The standard InChI is InChI=1S/C15H17N3O3.ClH/c1-10-5-2-3-6-11(10)14-16-13(17-21-14)9-18-8-4-7-12(18)15(19)20;/h2-3,5-6,12H,4,7-9H2,1H3,(H,19,20);1H/t12-;/m1./s1. The Balaban J connectivity index is 0.00000176. The summed E-state index contributed by atoms with van der Waals surface area (Å²) in [6.45, 7) is 3.15. The van der Waals surface area contributed by atoms with Gasteiger partial charge in [-0.3, -0.25) is 9.69 Å². The van der Waals surface area contributed by atoms with E-state index in [2.05, 4.69) is 10.1 Å². The van der Waals surface area contributed by atoms with Gasteiger partial charge in [-0.25, -0.2) is 0 Å². The Hall–Kier alpha value is -1.92. The van der Waals surface area contributed by atoms with Crippen molar-refractivity contribution in [3.8, 4) is 11.5 Å². The van der Waals surface area contributed by atoms with Gasteiger partial charge in [-0.15, -0.1) is 12.4 Å². The highest BCUT2D eigenvalue weighted by Gasteiger charge is 2.31. The summed E-state index contributed by atoms with van der Waals surface area (Å²) in [5.74, 6) is 0.227. The Morgan fingerprint density at radius 3 is 2.95 bits per heavy atom. The fourth-order valence-corrected chi connectivity index (χ4v) is 2.72. The van der Waals surface area contributed by atoms with Crippen LogP contribution in [-0.2, 0) is 11.3 Å². The molecular weight excluding hydrogens is 306 g/mol. The van der Waals surface area contributed by atoms with Gasteiger partial charge in [-0.2, -0.15) is 4.98 Å². The lowest BCUT2D eigenvalue weighted by Crippen LogP contribution is -2.35. The molecule has 1 saturated heterocycles. The summed E-state index contributed by atoms with van der Waals surface area (Å²) in [4.78, 5) is 17.4. The second-order valence-electron chi connectivity index (χ2n) is 5.30. The van der Waals surface area contributed by atoms with E-state index in [1.54, 1.807) is 0 Å². The lowest BCUT2D eigenvalue weighted by atomic mass is 10.1. The van der Waals surface area contributed by atoms with Gasteiger partial charge in [-0.1, -0.05) is 23.4 Å². The van der Waals surface area contributed by atoms with Crippen molar-refractivity contribution in [2.45, 2.75) is 32.4 Å². The average molecular weight is 324 g/mol. The highest BCUT2D eigenvalue weighted by Crippen LogP contribution is 2.23. The van der Waals surface area contributed by atoms with Crippen LogP contribution in [0.4, 0.5) is 0 Å². The molecule has 3 rings (SSSR count). The first-order valence-corrected chi connectivity index (χ1v) is 7.00. The molecule has 1 fully saturated rings. The van der Waals surface area contributed by atoms with E-state index in [0.29, 0.717) is 24.7 Å². The van der Waals surface area contributed by atoms with Gasteiger partial charge in [-0.05, 0) is 37.9 Å². The zero-order valence-corrected chi connectivity index (χ0v) is 13.0. The number of hydrogen-bond donors (Lipinski definition) is 1. The maximum Gasteiger partial charge on any atom is 0.320 e. The van der Waals surface area contributed by atoms with Crippen LogP contribution < -0.4 is 0 Å². The van der Waals surface area contributed by atoms with Crippen LogP contribution >= 0.6 is 12.4 Å². The molecule has 2 aromatic rings. The molecule has 6 nitrogen and oxygen atoms in total. The minimum atomic E-state index is -0.782. The molecule has 0 amide bonds. The SMILES string of the molecule is Cc1ccccc1-c1nc(CN2CCC[C@@H]2C(=O)O)no1.Cl. The van der Waals surface area contributed by atoms with Crippen molar-refractivity contribution >= 4 is 18.4 Å². The number of rotatable bonds is 4. The van der Waals surface area contributed by atoms with Crippen LogP contribution in [0.15, 0.2) is 28.8 Å². The third-order valence-electron chi connectivity index (χ3n) is 3.84. The quantitative estimate of drug-likeness (QED) is 0.931. The zero-order chi connectivity index (χ0) is 14.8. The molecule has 0 radical (unpaired) electrons. The van der Waals surface area contributed by atoms with Gasteiger partial charge in [0, 0.05) is 5.56 Å². The lowest BCUT2D eigenvalue weighted by molar-refractivity contribution is -0.142. The van der Waals surface area contributed by atoms with Gasteiger partial charge < -0.3 is 9.63 Å². The fraction of sp³-hybridized carbons (Fsp3) is 0.400. The number of halogens is 1. The number of likely N-dealkylation sites (tertiary alicyclic amines) is 1. The predicted molar refractivity (Wildman–Crippen MR) is 82.8 cm³/mol. The van der Waals surface area contributed by atoms with Crippen LogP contribution in [0.3, 0.4) is 0 Å². The Labute approximate surface area is 134 Å². The number of nitrogens with zero attached hydrogens (tertiary/aromatic N) is 3. The van der Waals surface area contributed by atoms with Gasteiger partial charge >= 0.3 is 5.97 Å². The van der Waals surface area contributed by atoms with Crippen LogP contribution in [0.1, 0.15) is 24.2 Å². The molecule has 1 aliphatic rings. The number of aliphatic carboxylic acids is 1. The van der Waals surface area contributed by atoms with E-state index in [1.165, 1.54) is 0 Å². The first kappa shape index (κ1) is 16.5. The highest BCUT2D eigenvalue weighted by molar-refractivity contribution is 5.85. The molecule has 0 aliphatic carbocycles. The summed E-state index contributed by atoms with van der Waals surface area (Å²) in [7, 11) is 0. The van der Waals surface area contributed by atoms with Gasteiger partial charge in [0.25, 0.3) is 5.89 Å². The van der Waals surface area contributed by atoms with E-state index < -0.39 is 12.0 Å². The smallest absolute Gasteiger partial charge is 0.320 e. The summed E-state index contributed by atoms with van der Waals surface area (Å²) in [5.41, 5.74) is 1.98. The van der Waals surface area contributed by atoms with Crippen LogP contribution in [0, 0.1) is 6.92 Å². The molecule has 1 aliphatic heterocycles. The van der Waals surface area contributed by atoms with Crippen molar-refractivity contribution < 1.29 is 14.4 Å². The lowest BCUT2D eigenvalue weighted by Gasteiger charge is -2.18. The second-order valence-corrected chi connectivity index (χ2v) is 5.30. The number of benzene rings is 1. The monoisotopic (exact) mass is 323 g/mol. The zero-order valence-electron chi connectivity index (χ0n) is 12.2. The molecular formula is C15H18ClN3O3. The van der Waals surface area contributed by atoms with Gasteiger partial charge in [0.05, 0.1) is 6.54 Å². The number of carboxylic acid groups (broad SMARTS) is 1. The first-order chi connectivity index (χ1) is 10.1. The van der Waals surface area contributed by atoms with Crippen molar-refractivity contribution in [3.05, 3.63) is 35.7 Å². The Morgan fingerprint density at radius 2 is 2.23 bits per heavy atom. The van der Waals surface area contributed by atoms with E-state index in [9.17, 15) is 9.90 Å². The third-order valence-corrected chi connectivity index (χ3v) is 3.84. The number of aryl methyl sites for hydroxylation is 1. The Bertz CT molecular complexity index is 659. The first-order valence-electron chi connectivity index (χ1n) is 7.00. The molecule has 1 atom stereocenters. The van der Waals surface area contributed by atoms with Crippen molar-refractivity contribution in [1.29, 1.82) is 0 Å². The number of carboxylic acids is 1. The summed E-state index contributed by atoms with van der Waals surface area (Å²) >= 11 is 0. The van der Waals surface area contributed by atoms with Gasteiger partial charge in [0.2, 0.25) is 0 Å². The Morgan fingerprint density at radius 1 is 1.45 bits per heavy atom.